The zero-order chi connectivity index (χ0) is 21.3. The van der Waals surface area contributed by atoms with Crippen LogP contribution in [0.4, 0.5) is 0 Å². The first-order chi connectivity index (χ1) is 13.2. The Labute approximate surface area is 180 Å². The van der Waals surface area contributed by atoms with E-state index in [1.165, 1.54) is 12.8 Å². The van der Waals surface area contributed by atoms with Gasteiger partial charge in [-0.2, -0.15) is 0 Å². The summed E-state index contributed by atoms with van der Waals surface area (Å²) in [4.78, 5) is 0. The maximum absolute atomic E-state index is 2.35. The van der Waals surface area contributed by atoms with Crippen molar-refractivity contribution >= 4 is 31.4 Å². The van der Waals surface area contributed by atoms with E-state index in [0.717, 1.165) is 31.6 Å². The van der Waals surface area contributed by atoms with Crippen LogP contribution < -0.4 is 0 Å². The van der Waals surface area contributed by atoms with E-state index in [4.69, 9.17) is 0 Å². The van der Waals surface area contributed by atoms with Crippen molar-refractivity contribution in [2.75, 3.05) is 0 Å². The molecule has 0 aromatic carbocycles. The minimum Gasteiger partial charge on any atom is -0.0950 e. The standard InChI is InChI=1S/C24H42B4/c1-4-5-6-7-8-9-10-11-12-13-15-18-23(25,26)20-21-24(27,28)19-16-14-17-22(2)3/h5-6,8-9,11-12,15-16,18-22H,4,7,10,13-14,17,25-28H2,1-3H3/b6-5-,9-8-,12-11-,18-15-,19-16-,21-20-. The fraction of sp³-hybridized carbons (Fsp3) is 0.500. The Morgan fingerprint density at radius 3 is 1.50 bits per heavy atom. The Bertz CT molecular complexity index is 561. The molecule has 0 amide bonds. The number of allylic oxidation sites excluding steroid dienone is 12. The largest absolute Gasteiger partial charge is 0.108 e. The molecule has 0 nitrogen and oxygen atoms in total. The second-order valence-corrected chi connectivity index (χ2v) is 9.28. The van der Waals surface area contributed by atoms with Crippen molar-refractivity contribution in [3.8, 4) is 0 Å². The summed E-state index contributed by atoms with van der Waals surface area (Å²) in [6.45, 7) is 6.73. The summed E-state index contributed by atoms with van der Waals surface area (Å²) in [5.41, 5.74) is 0. The van der Waals surface area contributed by atoms with Gasteiger partial charge in [0.25, 0.3) is 0 Å². The third-order valence-corrected chi connectivity index (χ3v) is 4.50. The van der Waals surface area contributed by atoms with Crippen LogP contribution in [-0.2, 0) is 0 Å². The molecule has 0 aliphatic carbocycles. The molecule has 0 aromatic heterocycles. The van der Waals surface area contributed by atoms with E-state index in [1.54, 1.807) is 0 Å². The maximum atomic E-state index is 2.35. The van der Waals surface area contributed by atoms with Crippen LogP contribution in [0.25, 0.3) is 0 Å². The minimum atomic E-state index is 0.0857. The lowest BCUT2D eigenvalue weighted by molar-refractivity contribution is 0.594. The topological polar surface area (TPSA) is 0 Å². The summed E-state index contributed by atoms with van der Waals surface area (Å²) >= 11 is 0. The van der Waals surface area contributed by atoms with Crippen LogP contribution in [0.5, 0.6) is 0 Å². The molecule has 150 valence electrons. The van der Waals surface area contributed by atoms with E-state index < -0.39 is 0 Å². The third kappa shape index (κ3) is 18.1. The second kappa shape index (κ2) is 15.6. The highest BCUT2D eigenvalue weighted by Crippen LogP contribution is 2.27. The van der Waals surface area contributed by atoms with Gasteiger partial charge in [0.2, 0.25) is 0 Å². The van der Waals surface area contributed by atoms with Crippen molar-refractivity contribution in [3.05, 3.63) is 72.9 Å². The smallest absolute Gasteiger partial charge is 0.0950 e. The van der Waals surface area contributed by atoms with Gasteiger partial charge < -0.3 is 0 Å². The van der Waals surface area contributed by atoms with Crippen molar-refractivity contribution < 1.29 is 0 Å². The Morgan fingerprint density at radius 1 is 0.607 bits per heavy atom. The monoisotopic (exact) mass is 374 g/mol. The van der Waals surface area contributed by atoms with E-state index in [-0.39, 0.29) is 10.4 Å². The molecule has 0 atom stereocenters. The minimum absolute atomic E-state index is 0.0857. The Kier molecular flexibility index (Phi) is 14.9. The molecule has 0 unspecified atom stereocenters. The van der Waals surface area contributed by atoms with Gasteiger partial charge in [-0.3, -0.25) is 0 Å². The molecule has 0 aromatic rings. The van der Waals surface area contributed by atoms with Gasteiger partial charge in [0.1, 0.15) is 31.4 Å². The van der Waals surface area contributed by atoms with Crippen LogP contribution in [-0.4, -0.2) is 31.4 Å². The summed E-state index contributed by atoms with van der Waals surface area (Å²) in [6, 6.07) is 0. The van der Waals surface area contributed by atoms with Crippen LogP contribution in [0.1, 0.15) is 59.3 Å². The molecule has 0 rings (SSSR count). The molecular weight excluding hydrogens is 332 g/mol. The first-order valence-corrected chi connectivity index (χ1v) is 11.2. The predicted molar refractivity (Wildman–Crippen MR) is 143 cm³/mol. The summed E-state index contributed by atoms with van der Waals surface area (Å²) in [5.74, 6) is 0.778. The number of rotatable bonds is 14. The molecular formula is C24H42B4. The average molecular weight is 374 g/mol. The van der Waals surface area contributed by atoms with E-state index in [1.807, 2.05) is 0 Å². The van der Waals surface area contributed by atoms with Crippen LogP contribution in [0, 0.1) is 5.92 Å². The van der Waals surface area contributed by atoms with Crippen molar-refractivity contribution in [3.63, 3.8) is 0 Å². The van der Waals surface area contributed by atoms with Gasteiger partial charge in [-0.1, -0.05) is 104 Å². The lowest BCUT2D eigenvalue weighted by atomic mass is 9.50. The molecule has 0 saturated carbocycles. The molecule has 0 N–H and O–H groups in total. The van der Waals surface area contributed by atoms with Crippen molar-refractivity contribution in [2.24, 2.45) is 5.92 Å². The van der Waals surface area contributed by atoms with Crippen LogP contribution in [0.2, 0.25) is 10.4 Å². The van der Waals surface area contributed by atoms with Gasteiger partial charge >= 0.3 is 0 Å². The van der Waals surface area contributed by atoms with Gasteiger partial charge in [0.15, 0.2) is 0 Å². The zero-order valence-electron chi connectivity index (χ0n) is 19.7. The molecule has 0 aliphatic heterocycles. The van der Waals surface area contributed by atoms with E-state index >= 15 is 0 Å². The molecule has 28 heavy (non-hydrogen) atoms. The lowest BCUT2D eigenvalue weighted by Gasteiger charge is -2.20. The van der Waals surface area contributed by atoms with Gasteiger partial charge in [0.05, 0.1) is 0 Å². The van der Waals surface area contributed by atoms with Gasteiger partial charge in [-0.15, -0.1) is 0 Å². The Hall–Kier alpha value is -1.30. The lowest BCUT2D eigenvalue weighted by Crippen LogP contribution is -2.10. The number of hydrogen-bond acceptors (Lipinski definition) is 0. The highest BCUT2D eigenvalue weighted by molar-refractivity contribution is 6.44. The molecule has 4 heteroatoms. The first kappa shape index (κ1) is 26.7. The molecule has 0 aliphatic rings. The molecule has 0 fully saturated rings. The van der Waals surface area contributed by atoms with Crippen molar-refractivity contribution in [1.29, 1.82) is 0 Å². The van der Waals surface area contributed by atoms with Crippen molar-refractivity contribution in [2.45, 2.75) is 69.7 Å². The van der Waals surface area contributed by atoms with Crippen molar-refractivity contribution in [1.82, 2.24) is 0 Å². The fourth-order valence-corrected chi connectivity index (χ4v) is 2.61. The second-order valence-electron chi connectivity index (χ2n) is 9.28. The van der Waals surface area contributed by atoms with Crippen LogP contribution >= 0.6 is 0 Å². The Morgan fingerprint density at radius 2 is 1.04 bits per heavy atom. The zero-order valence-corrected chi connectivity index (χ0v) is 19.7. The quantitative estimate of drug-likeness (QED) is 0.317. The van der Waals surface area contributed by atoms with E-state index in [9.17, 15) is 0 Å². The van der Waals surface area contributed by atoms with Gasteiger partial charge in [-0.25, -0.2) is 0 Å². The molecule has 0 spiro atoms. The number of hydrogen-bond donors (Lipinski definition) is 0. The summed E-state index contributed by atoms with van der Waals surface area (Å²) in [7, 11) is 9.11. The predicted octanol–water partition coefficient (Wildman–Crippen LogP) is 4.10. The maximum Gasteiger partial charge on any atom is 0.108 e. The van der Waals surface area contributed by atoms with E-state index in [0.29, 0.717) is 0 Å². The summed E-state index contributed by atoms with van der Waals surface area (Å²) in [6.07, 6.45) is 34.0. The van der Waals surface area contributed by atoms with Gasteiger partial charge in [0, 0.05) is 0 Å². The summed E-state index contributed by atoms with van der Waals surface area (Å²) < 4.78 is 0. The highest BCUT2D eigenvalue weighted by Gasteiger charge is 2.14. The Balaban J connectivity index is 4.30. The fourth-order valence-electron chi connectivity index (χ4n) is 2.61. The molecule has 0 radical (unpaired) electrons. The SMILES string of the molecule is BC(B)(/C=C\C/C=C\C/C=C\C/C=C\CC)/C=C\C(B)(B)/C=C\CCC(C)C. The molecule has 0 saturated heterocycles. The highest BCUT2D eigenvalue weighted by atomic mass is 14.0. The molecule has 0 heterocycles. The average Bonchev–Trinajstić information content (AvgIpc) is 2.62. The summed E-state index contributed by atoms with van der Waals surface area (Å²) in [5, 5.41) is 0.197. The first-order valence-electron chi connectivity index (χ1n) is 11.2. The third-order valence-electron chi connectivity index (χ3n) is 4.50. The van der Waals surface area contributed by atoms with Gasteiger partial charge in [-0.05, 0) is 44.4 Å². The normalized spacial score (nSPS) is 14.4. The molecule has 0 bridgehead atoms. The van der Waals surface area contributed by atoms with Crippen LogP contribution in [0.3, 0.4) is 0 Å². The van der Waals surface area contributed by atoms with E-state index in [2.05, 4.69) is 125 Å². The van der Waals surface area contributed by atoms with Crippen LogP contribution in [0.15, 0.2) is 72.9 Å².